The van der Waals surface area contributed by atoms with Gasteiger partial charge in [-0.15, -0.1) is 0 Å². The van der Waals surface area contributed by atoms with E-state index in [0.29, 0.717) is 16.9 Å². The SMILES string of the molecule is CNc1ccccc1C(=O)OCC(=O)NCC(=O)Nc1cccc(C)c1C. The number of amides is 2. The van der Waals surface area contributed by atoms with Crippen LogP contribution in [0.25, 0.3) is 0 Å². The van der Waals surface area contributed by atoms with E-state index in [1.54, 1.807) is 37.4 Å². The Labute approximate surface area is 158 Å². The van der Waals surface area contributed by atoms with Crippen molar-refractivity contribution in [3.63, 3.8) is 0 Å². The number of benzene rings is 2. The number of nitrogens with one attached hydrogen (secondary N) is 3. The van der Waals surface area contributed by atoms with E-state index in [2.05, 4.69) is 16.0 Å². The molecule has 0 fully saturated rings. The maximum atomic E-state index is 12.1. The Hall–Kier alpha value is -3.35. The summed E-state index contributed by atoms with van der Waals surface area (Å²) < 4.78 is 5.00. The van der Waals surface area contributed by atoms with E-state index in [1.807, 2.05) is 26.0 Å². The maximum absolute atomic E-state index is 12.1. The topological polar surface area (TPSA) is 96.5 Å². The minimum atomic E-state index is -0.616. The molecule has 0 aromatic heterocycles. The minimum absolute atomic E-state index is 0.211. The molecule has 2 aromatic carbocycles. The van der Waals surface area contributed by atoms with Crippen molar-refractivity contribution >= 4 is 29.2 Å². The largest absolute Gasteiger partial charge is 0.452 e. The van der Waals surface area contributed by atoms with Crippen LogP contribution >= 0.6 is 0 Å². The second-order valence-electron chi connectivity index (χ2n) is 5.94. The molecule has 2 rings (SSSR count). The number of anilines is 2. The van der Waals surface area contributed by atoms with Gasteiger partial charge in [-0.1, -0.05) is 24.3 Å². The second kappa shape index (κ2) is 9.38. The van der Waals surface area contributed by atoms with E-state index in [9.17, 15) is 14.4 Å². The molecule has 2 aromatic rings. The molecule has 0 aliphatic rings. The summed E-state index contributed by atoms with van der Waals surface area (Å²) in [4.78, 5) is 35.9. The first kappa shape index (κ1) is 20.0. The molecule has 0 saturated heterocycles. The van der Waals surface area contributed by atoms with Crippen molar-refractivity contribution in [1.29, 1.82) is 0 Å². The lowest BCUT2D eigenvalue weighted by molar-refractivity contribution is -0.126. The van der Waals surface area contributed by atoms with Crippen LogP contribution in [0.15, 0.2) is 42.5 Å². The van der Waals surface area contributed by atoms with Crippen molar-refractivity contribution in [2.75, 3.05) is 30.8 Å². The number of ether oxygens (including phenoxy) is 1. The van der Waals surface area contributed by atoms with Gasteiger partial charge in [0.25, 0.3) is 5.91 Å². The lowest BCUT2D eigenvalue weighted by Crippen LogP contribution is -2.35. The van der Waals surface area contributed by atoms with Crippen LogP contribution in [0.5, 0.6) is 0 Å². The smallest absolute Gasteiger partial charge is 0.340 e. The monoisotopic (exact) mass is 369 g/mol. The normalized spacial score (nSPS) is 10.0. The van der Waals surface area contributed by atoms with Gasteiger partial charge in [-0.3, -0.25) is 9.59 Å². The van der Waals surface area contributed by atoms with Gasteiger partial charge < -0.3 is 20.7 Å². The molecule has 0 unspecified atom stereocenters. The summed E-state index contributed by atoms with van der Waals surface area (Å²) in [5, 5.41) is 8.05. The first-order chi connectivity index (χ1) is 12.9. The van der Waals surface area contributed by atoms with Crippen LogP contribution in [0.2, 0.25) is 0 Å². The molecule has 0 heterocycles. The van der Waals surface area contributed by atoms with Gasteiger partial charge in [-0.25, -0.2) is 4.79 Å². The molecule has 0 aliphatic heterocycles. The van der Waals surface area contributed by atoms with Crippen LogP contribution < -0.4 is 16.0 Å². The molecule has 7 nitrogen and oxygen atoms in total. The zero-order valence-electron chi connectivity index (χ0n) is 15.6. The van der Waals surface area contributed by atoms with E-state index in [1.165, 1.54) is 0 Å². The van der Waals surface area contributed by atoms with E-state index in [-0.39, 0.29) is 12.5 Å². The number of esters is 1. The van der Waals surface area contributed by atoms with Crippen LogP contribution in [-0.4, -0.2) is 38.0 Å². The van der Waals surface area contributed by atoms with Crippen molar-refractivity contribution in [1.82, 2.24) is 5.32 Å². The van der Waals surface area contributed by atoms with Gasteiger partial charge in [-0.05, 0) is 43.2 Å². The standard InChI is InChI=1S/C20H23N3O4/c1-13-7-6-10-16(14(13)2)23-18(24)11-22-19(25)12-27-20(26)15-8-4-5-9-17(15)21-3/h4-10,21H,11-12H2,1-3H3,(H,22,25)(H,23,24). The van der Waals surface area contributed by atoms with E-state index >= 15 is 0 Å². The third kappa shape index (κ3) is 5.57. The summed E-state index contributed by atoms with van der Waals surface area (Å²) in [7, 11) is 1.69. The van der Waals surface area contributed by atoms with Gasteiger partial charge >= 0.3 is 5.97 Å². The number of carbonyl (C=O) groups is 3. The van der Waals surface area contributed by atoms with Crippen molar-refractivity contribution in [3.05, 3.63) is 59.2 Å². The molecule has 2 amide bonds. The fraction of sp³-hybridized carbons (Fsp3) is 0.250. The Balaban J connectivity index is 1.79. The number of para-hydroxylation sites is 1. The van der Waals surface area contributed by atoms with Gasteiger partial charge in [0, 0.05) is 18.4 Å². The highest BCUT2D eigenvalue weighted by Crippen LogP contribution is 2.17. The molecule has 7 heteroatoms. The van der Waals surface area contributed by atoms with Crippen LogP contribution in [0, 0.1) is 13.8 Å². The van der Waals surface area contributed by atoms with Crippen LogP contribution in [0.3, 0.4) is 0 Å². The summed E-state index contributed by atoms with van der Waals surface area (Å²) in [6, 6.07) is 12.4. The lowest BCUT2D eigenvalue weighted by atomic mass is 10.1. The average molecular weight is 369 g/mol. The Bertz CT molecular complexity index is 849. The summed E-state index contributed by atoms with van der Waals surface area (Å²) in [5.41, 5.74) is 3.67. The van der Waals surface area contributed by atoms with Crippen LogP contribution in [0.1, 0.15) is 21.5 Å². The number of aryl methyl sites for hydroxylation is 1. The third-order valence-electron chi connectivity index (χ3n) is 4.08. The van der Waals surface area contributed by atoms with Crippen molar-refractivity contribution < 1.29 is 19.1 Å². The fourth-order valence-corrected chi connectivity index (χ4v) is 2.40. The zero-order valence-corrected chi connectivity index (χ0v) is 15.6. The van der Waals surface area contributed by atoms with Crippen molar-refractivity contribution in [2.24, 2.45) is 0 Å². The average Bonchev–Trinajstić information content (AvgIpc) is 2.68. The highest BCUT2D eigenvalue weighted by Gasteiger charge is 2.14. The molecule has 0 atom stereocenters. The number of rotatable bonds is 7. The summed E-state index contributed by atoms with van der Waals surface area (Å²) in [5.74, 6) is -1.53. The number of hydrogen-bond acceptors (Lipinski definition) is 5. The summed E-state index contributed by atoms with van der Waals surface area (Å²) in [6.07, 6.45) is 0. The number of carbonyl (C=O) groups excluding carboxylic acids is 3. The van der Waals surface area contributed by atoms with Gasteiger partial charge in [0.1, 0.15) is 0 Å². The second-order valence-corrected chi connectivity index (χ2v) is 5.94. The van der Waals surface area contributed by atoms with Gasteiger partial charge in [0.2, 0.25) is 5.91 Å². The lowest BCUT2D eigenvalue weighted by Gasteiger charge is -2.11. The maximum Gasteiger partial charge on any atom is 0.340 e. The van der Waals surface area contributed by atoms with E-state index in [4.69, 9.17) is 4.74 Å². The molecular formula is C20H23N3O4. The number of hydrogen-bond donors (Lipinski definition) is 3. The van der Waals surface area contributed by atoms with E-state index < -0.39 is 18.5 Å². The molecule has 0 aliphatic carbocycles. The van der Waals surface area contributed by atoms with E-state index in [0.717, 1.165) is 11.1 Å². The molecule has 0 saturated carbocycles. The predicted molar refractivity (Wildman–Crippen MR) is 104 cm³/mol. The molecule has 0 spiro atoms. The van der Waals surface area contributed by atoms with Crippen molar-refractivity contribution in [2.45, 2.75) is 13.8 Å². The molecule has 0 radical (unpaired) electrons. The Morgan fingerprint density at radius 3 is 2.37 bits per heavy atom. The van der Waals surface area contributed by atoms with Gasteiger partial charge in [-0.2, -0.15) is 0 Å². The highest BCUT2D eigenvalue weighted by atomic mass is 16.5. The first-order valence-electron chi connectivity index (χ1n) is 8.49. The van der Waals surface area contributed by atoms with Gasteiger partial charge in [0.15, 0.2) is 6.61 Å². The quantitative estimate of drug-likeness (QED) is 0.651. The van der Waals surface area contributed by atoms with Crippen LogP contribution in [0.4, 0.5) is 11.4 Å². The molecule has 3 N–H and O–H groups in total. The summed E-state index contributed by atoms with van der Waals surface area (Å²) in [6.45, 7) is 3.18. The predicted octanol–water partition coefficient (Wildman–Crippen LogP) is 2.26. The minimum Gasteiger partial charge on any atom is -0.452 e. The Morgan fingerprint density at radius 2 is 1.63 bits per heavy atom. The first-order valence-corrected chi connectivity index (χ1v) is 8.49. The molecule has 0 bridgehead atoms. The Kier molecular flexibility index (Phi) is 6.93. The molecule has 27 heavy (non-hydrogen) atoms. The summed E-state index contributed by atoms with van der Waals surface area (Å²) >= 11 is 0. The van der Waals surface area contributed by atoms with Gasteiger partial charge in [0.05, 0.1) is 12.1 Å². The van der Waals surface area contributed by atoms with Crippen molar-refractivity contribution in [3.8, 4) is 0 Å². The van der Waals surface area contributed by atoms with Crippen LogP contribution in [-0.2, 0) is 14.3 Å². The molecular weight excluding hydrogens is 346 g/mol. The zero-order chi connectivity index (χ0) is 19.8. The fourth-order valence-electron chi connectivity index (χ4n) is 2.40. The highest BCUT2D eigenvalue weighted by molar-refractivity contribution is 5.98. The Morgan fingerprint density at radius 1 is 0.926 bits per heavy atom. The third-order valence-corrected chi connectivity index (χ3v) is 4.08. The molecule has 142 valence electrons.